The Morgan fingerprint density at radius 1 is 1.09 bits per heavy atom. The molecule has 0 radical (unpaired) electrons. The Kier molecular flexibility index (Phi) is 9.65. The number of aliphatic hydroxyl groups is 1. The molecule has 2 aromatic carbocycles. The lowest BCUT2D eigenvalue weighted by molar-refractivity contribution is -0.123. The molecule has 294 valence electrons. The summed E-state index contributed by atoms with van der Waals surface area (Å²) < 4.78 is 117. The molecule has 56 heavy (non-hydrogen) atoms. The Morgan fingerprint density at radius 3 is 2.41 bits per heavy atom. The van der Waals surface area contributed by atoms with Crippen LogP contribution >= 0.6 is 11.6 Å². The highest BCUT2D eigenvalue weighted by atomic mass is 35.5. The molecule has 7 rings (SSSR count). The van der Waals surface area contributed by atoms with E-state index >= 15 is 8.78 Å². The quantitative estimate of drug-likeness (QED) is 0.108. The van der Waals surface area contributed by atoms with Crippen LogP contribution in [0.15, 0.2) is 42.5 Å². The number of nitrogens with one attached hydrogen (secondary N) is 2. The number of carbonyl (C=O) groups is 1. The molecule has 1 saturated carbocycles. The summed E-state index contributed by atoms with van der Waals surface area (Å²) in [6.07, 6.45) is -2.56. The number of halogens is 7. The minimum Gasteiger partial charge on any atom is -0.378 e. The Balaban J connectivity index is 1.39. The zero-order valence-corrected chi connectivity index (χ0v) is 31.5. The highest BCUT2D eigenvalue weighted by Crippen LogP contribution is 2.68. The number of pyridine rings is 1. The van der Waals surface area contributed by atoms with Gasteiger partial charge in [0, 0.05) is 35.7 Å². The van der Waals surface area contributed by atoms with Crippen LogP contribution in [-0.4, -0.2) is 55.8 Å². The van der Waals surface area contributed by atoms with Crippen molar-refractivity contribution in [2.45, 2.75) is 63.1 Å². The number of nitrogens with zero attached hydrogens (tertiary/aromatic N) is 5. The second kappa shape index (κ2) is 13.8. The fourth-order valence-electron chi connectivity index (χ4n) is 7.23. The predicted octanol–water partition coefficient (Wildman–Crippen LogP) is 6.50. The van der Waals surface area contributed by atoms with Crippen molar-refractivity contribution in [1.82, 2.24) is 29.9 Å². The molecule has 3 heterocycles. The Bertz CT molecular complexity index is 2590. The van der Waals surface area contributed by atoms with Crippen molar-refractivity contribution in [1.29, 1.82) is 0 Å². The smallest absolute Gasteiger partial charge is 0.293 e. The van der Waals surface area contributed by atoms with Gasteiger partial charge in [0.2, 0.25) is 15.9 Å². The molecule has 1 unspecified atom stereocenters. The van der Waals surface area contributed by atoms with Crippen molar-refractivity contribution in [2.75, 3.05) is 11.0 Å². The molecule has 1 amide bonds. The summed E-state index contributed by atoms with van der Waals surface area (Å²) in [5, 5.41) is 21.4. The number of aromatic nitrogens is 5. The Morgan fingerprint density at radius 2 is 1.77 bits per heavy atom. The summed E-state index contributed by atoms with van der Waals surface area (Å²) in [6, 6.07) is 7.47. The molecular formula is C37H32ClF6N7O4S. The monoisotopic (exact) mass is 819 g/mol. The van der Waals surface area contributed by atoms with Crippen LogP contribution in [0, 0.1) is 29.4 Å². The molecule has 3 atom stereocenters. The number of sulfonamides is 1. The first-order valence-electron chi connectivity index (χ1n) is 17.0. The summed E-state index contributed by atoms with van der Waals surface area (Å²) in [4.78, 5) is 18.6. The lowest BCUT2D eigenvalue weighted by atomic mass is 9.93. The van der Waals surface area contributed by atoms with Crippen molar-refractivity contribution in [3.05, 3.63) is 93.0 Å². The van der Waals surface area contributed by atoms with Gasteiger partial charge in [0.1, 0.15) is 40.9 Å². The van der Waals surface area contributed by atoms with Crippen molar-refractivity contribution in [3.8, 4) is 23.0 Å². The van der Waals surface area contributed by atoms with E-state index in [9.17, 15) is 35.9 Å². The Hall–Kier alpha value is -5.12. The second-order valence-corrected chi connectivity index (χ2v) is 16.5. The van der Waals surface area contributed by atoms with Crippen LogP contribution in [-0.2, 0) is 40.8 Å². The van der Waals surface area contributed by atoms with Gasteiger partial charge in [-0.3, -0.25) is 18.9 Å². The summed E-state index contributed by atoms with van der Waals surface area (Å²) in [5.41, 5.74) is -2.23. The van der Waals surface area contributed by atoms with Gasteiger partial charge in [0.25, 0.3) is 12.3 Å². The number of anilines is 1. The molecule has 0 spiro atoms. The minimum absolute atomic E-state index is 0.0193. The fourth-order valence-corrected chi connectivity index (χ4v) is 7.97. The van der Waals surface area contributed by atoms with E-state index in [0.29, 0.717) is 21.8 Å². The average Bonchev–Trinajstić information content (AvgIpc) is 3.62. The van der Waals surface area contributed by atoms with Gasteiger partial charge in [-0.05, 0) is 74.4 Å². The maximum absolute atomic E-state index is 15.4. The van der Waals surface area contributed by atoms with Crippen LogP contribution in [0.2, 0.25) is 5.02 Å². The van der Waals surface area contributed by atoms with Crippen molar-refractivity contribution < 1.29 is 44.7 Å². The zero-order chi connectivity index (χ0) is 40.6. The molecule has 0 bridgehead atoms. The van der Waals surface area contributed by atoms with Crippen molar-refractivity contribution in [2.24, 2.45) is 13.0 Å². The van der Waals surface area contributed by atoms with Crippen LogP contribution in [0.3, 0.4) is 0 Å². The average molecular weight is 820 g/mol. The van der Waals surface area contributed by atoms with Gasteiger partial charge in [0.05, 0.1) is 33.9 Å². The van der Waals surface area contributed by atoms with Crippen LogP contribution in [0.4, 0.5) is 32.2 Å². The molecule has 19 heteroatoms. The van der Waals surface area contributed by atoms with E-state index in [2.05, 4.69) is 32.1 Å². The van der Waals surface area contributed by atoms with Crippen LogP contribution in [0.5, 0.6) is 0 Å². The molecule has 11 nitrogen and oxygen atoms in total. The van der Waals surface area contributed by atoms with E-state index in [0.717, 1.165) is 18.4 Å². The lowest BCUT2D eigenvalue weighted by Gasteiger charge is -2.23. The normalized spacial score (nSPS) is 17.7. The molecular weight excluding hydrogens is 788 g/mol. The zero-order valence-electron chi connectivity index (χ0n) is 29.9. The van der Waals surface area contributed by atoms with Crippen LogP contribution in [0.25, 0.3) is 22.0 Å². The van der Waals surface area contributed by atoms with E-state index in [4.69, 9.17) is 16.6 Å². The van der Waals surface area contributed by atoms with Gasteiger partial charge in [-0.1, -0.05) is 23.6 Å². The highest BCUT2D eigenvalue weighted by Gasteiger charge is 2.67. The summed E-state index contributed by atoms with van der Waals surface area (Å²) in [5.74, 6) is -3.02. The van der Waals surface area contributed by atoms with E-state index in [-0.39, 0.29) is 57.1 Å². The van der Waals surface area contributed by atoms with Gasteiger partial charge < -0.3 is 10.4 Å². The number of aryl methyl sites for hydroxylation is 1. The van der Waals surface area contributed by atoms with Crippen molar-refractivity contribution >= 4 is 44.3 Å². The molecule has 2 aliphatic carbocycles. The van der Waals surface area contributed by atoms with E-state index in [1.807, 2.05) is 0 Å². The number of carbonyl (C=O) groups excluding carboxylic acids is 1. The number of benzene rings is 2. The minimum atomic E-state index is -3.83. The molecule has 3 aromatic heterocycles. The number of rotatable bonds is 10. The number of hydrogen-bond acceptors (Lipinski definition) is 7. The molecule has 2 aliphatic rings. The molecule has 0 saturated heterocycles. The first kappa shape index (κ1) is 39.1. The molecule has 5 aromatic rings. The van der Waals surface area contributed by atoms with Gasteiger partial charge in [-0.25, -0.2) is 31.0 Å². The standard InChI is InChI=1S/C37H32ClF6N7O4S/c1-36(2,53)10-9-20-5-6-21(22-7-8-25(38)29-32(22)50(3)48-35(29)49-56(4,54)55)30(45-20)26(13-17-11-18(39)14-19(40)12-17)46-27(52)16-51-33-28(31(47-51)34(41)42)23-15-24(23)37(33,43)44/h5-8,11-12,14,23-24,26,34,53H,13,15-16H2,1-4H3,(H,46,52)(H,48,49)/t23-,24?,26-/m0/s1. The van der Waals surface area contributed by atoms with Gasteiger partial charge in [0.15, 0.2) is 5.82 Å². The van der Waals surface area contributed by atoms with Gasteiger partial charge in [-0.15, -0.1) is 0 Å². The SMILES string of the molecule is Cn1nc(NS(C)(=O)=O)c2c(Cl)ccc(-c3ccc(C#CC(C)(C)O)nc3[C@H](Cc3cc(F)cc(F)c3)NC(=O)Cn3nc(C(F)F)c4c3C(F)(F)C3C[C@H]43)c21. The summed E-state index contributed by atoms with van der Waals surface area (Å²) in [7, 11) is -2.30. The third-order valence-electron chi connectivity index (χ3n) is 9.42. The first-order chi connectivity index (χ1) is 26.1. The third kappa shape index (κ3) is 7.54. The fraction of sp³-hybridized carbons (Fsp3) is 0.351. The Labute approximate surface area is 321 Å². The van der Waals surface area contributed by atoms with Gasteiger partial charge >= 0.3 is 0 Å². The summed E-state index contributed by atoms with van der Waals surface area (Å²) in [6.45, 7) is 1.95. The van der Waals surface area contributed by atoms with Crippen LogP contribution in [0.1, 0.15) is 72.6 Å². The predicted molar refractivity (Wildman–Crippen MR) is 193 cm³/mol. The maximum atomic E-state index is 15.4. The number of fused-ring (bicyclic) bond motifs is 4. The summed E-state index contributed by atoms with van der Waals surface area (Å²) >= 11 is 6.57. The van der Waals surface area contributed by atoms with Crippen LogP contribution < -0.4 is 10.0 Å². The number of hydrogen-bond donors (Lipinski definition) is 3. The first-order valence-corrected chi connectivity index (χ1v) is 19.3. The number of alkyl halides is 4. The topological polar surface area (TPSA) is 144 Å². The molecule has 1 fully saturated rings. The third-order valence-corrected chi connectivity index (χ3v) is 10.3. The van der Waals surface area contributed by atoms with Gasteiger partial charge in [-0.2, -0.15) is 19.0 Å². The van der Waals surface area contributed by atoms with E-state index in [1.165, 1.54) is 37.7 Å². The molecule has 0 aliphatic heterocycles. The lowest BCUT2D eigenvalue weighted by Crippen LogP contribution is -2.35. The van der Waals surface area contributed by atoms with Crippen molar-refractivity contribution in [3.63, 3.8) is 0 Å². The number of amides is 1. The second-order valence-electron chi connectivity index (χ2n) is 14.4. The maximum Gasteiger partial charge on any atom is 0.293 e. The van der Waals surface area contributed by atoms with E-state index < -0.39 is 81.3 Å². The highest BCUT2D eigenvalue weighted by molar-refractivity contribution is 7.92. The molecule has 3 N–H and O–H groups in total. The van der Waals surface area contributed by atoms with E-state index in [1.54, 1.807) is 12.1 Å². The largest absolute Gasteiger partial charge is 0.378 e.